The predicted octanol–water partition coefficient (Wildman–Crippen LogP) is -7.72. The van der Waals surface area contributed by atoms with Gasteiger partial charge in [0.25, 0.3) is 0 Å². The van der Waals surface area contributed by atoms with Crippen LogP contribution in [0.2, 0.25) is 0 Å². The third-order valence-electron chi connectivity index (χ3n) is 10.8. The third kappa shape index (κ3) is 30.4. The lowest BCUT2D eigenvalue weighted by Gasteiger charge is -2.28. The molecule has 1 rings (SSSR count). The van der Waals surface area contributed by atoms with Crippen LogP contribution in [0.1, 0.15) is 71.8 Å². The van der Waals surface area contributed by atoms with E-state index in [4.69, 9.17) is 28.7 Å². The molecule has 0 bridgehead atoms. The van der Waals surface area contributed by atoms with Crippen LogP contribution in [-0.4, -0.2) is 186 Å². The lowest BCUT2D eigenvalue weighted by atomic mass is 10.0. The van der Waals surface area contributed by atoms with Gasteiger partial charge in [-0.2, -0.15) is 0 Å². The van der Waals surface area contributed by atoms with E-state index in [1.165, 1.54) is 13.8 Å². The van der Waals surface area contributed by atoms with E-state index in [1.807, 2.05) is 0 Å². The van der Waals surface area contributed by atoms with Gasteiger partial charge in [0.2, 0.25) is 70.1 Å². The highest BCUT2D eigenvalue weighted by Crippen LogP contribution is 2.10. The van der Waals surface area contributed by atoms with E-state index in [1.54, 1.807) is 44.2 Å². The van der Waals surface area contributed by atoms with Crippen LogP contribution in [0.15, 0.2) is 40.3 Å². The summed E-state index contributed by atoms with van der Waals surface area (Å²) in [6, 6.07) is -2.05. The number of carbonyl (C=O) groups excluding carboxylic acids is 12. The van der Waals surface area contributed by atoms with Gasteiger partial charge < -0.3 is 92.0 Å². The molecule has 1 aromatic carbocycles. The zero-order valence-electron chi connectivity index (χ0n) is 44.6. The fourth-order valence-corrected chi connectivity index (χ4v) is 7.46. The van der Waals surface area contributed by atoms with Crippen LogP contribution in [0, 0.1) is 5.92 Å². The molecule has 0 aromatic heterocycles. The Morgan fingerprint density at radius 3 is 1.47 bits per heavy atom. The summed E-state index contributed by atoms with van der Waals surface area (Å²) in [7, 11) is 0. The Kier molecular flexibility index (Phi) is 32.8. The first-order chi connectivity index (χ1) is 37.3. The van der Waals surface area contributed by atoms with Crippen molar-refractivity contribution in [3.8, 4) is 0 Å². The van der Waals surface area contributed by atoms with Gasteiger partial charge in [-0.25, -0.2) is 0 Å². The second kappa shape index (κ2) is 37.6. The molecule has 0 spiro atoms. The summed E-state index contributed by atoms with van der Waals surface area (Å²) in [5, 5.41) is 44.0. The zero-order valence-corrected chi connectivity index (χ0v) is 45.4. The largest absolute Gasteiger partial charge is 0.394 e. The number of nitrogens with one attached hydrogen (secondary N) is 10. The maximum absolute atomic E-state index is 14.2. The van der Waals surface area contributed by atoms with Crippen LogP contribution in [0.25, 0.3) is 0 Å². The highest BCUT2D eigenvalue weighted by molar-refractivity contribution is 8.13. The molecule has 0 saturated carbocycles. The summed E-state index contributed by atoms with van der Waals surface area (Å²) >= 11 is 0.779. The van der Waals surface area contributed by atoms with E-state index >= 15 is 0 Å². The van der Waals surface area contributed by atoms with Gasteiger partial charge in [0.1, 0.15) is 42.3 Å². The lowest BCUT2D eigenvalue weighted by Crippen LogP contribution is -2.61. The van der Waals surface area contributed by atoms with Crippen LogP contribution in [-0.2, 0) is 64.0 Å². The summed E-state index contributed by atoms with van der Waals surface area (Å²) in [5.41, 5.74) is 27.6. The number of hydrogen-bond donors (Lipinski definition) is 17. The molecule has 0 saturated heterocycles. The summed E-state index contributed by atoms with van der Waals surface area (Å²) in [4.78, 5) is 163. The molecule has 0 fully saturated rings. The molecule has 0 aliphatic heterocycles. The van der Waals surface area contributed by atoms with Crippen molar-refractivity contribution in [2.24, 2.45) is 44.6 Å². The van der Waals surface area contributed by atoms with Crippen molar-refractivity contribution in [3.05, 3.63) is 35.9 Å². The maximum Gasteiger partial charge on any atom is 0.245 e. The van der Waals surface area contributed by atoms with Crippen LogP contribution in [0.4, 0.5) is 0 Å². The monoisotopic (exact) mass is 1140 g/mol. The Balaban J connectivity index is 3.41. The first kappa shape index (κ1) is 68.9. The number of amides is 11. The molecule has 0 unspecified atom stereocenters. The van der Waals surface area contributed by atoms with E-state index in [2.05, 4.69) is 63.2 Å². The topological polar surface area (TPSA) is 520 Å². The molecule has 32 heteroatoms. The van der Waals surface area contributed by atoms with Gasteiger partial charge in [0.05, 0.1) is 32.8 Å². The van der Waals surface area contributed by atoms with Crippen molar-refractivity contribution in [1.82, 2.24) is 53.2 Å². The lowest BCUT2D eigenvalue weighted by molar-refractivity contribution is -0.136. The van der Waals surface area contributed by atoms with Crippen molar-refractivity contribution in [1.29, 1.82) is 0 Å². The molecule has 11 amide bonds. The quantitative estimate of drug-likeness (QED) is 0.0167. The Labute approximate surface area is 460 Å². The standard InChI is InChI=1S/C47H77N17O14S/c1-25(2)18-31(61-44(77)33(23-65)63-39(72)26(3)58-37(70)21-55-27(4)67)43(76)60-29(12-8-15-53-46(49)50)41(74)59-30(13-9-16-54-47(51)52)42(75)64-34(24-66)45(78)62-32(19-28-10-6-5-7-11-28)40(73)57-20-36(69)56-22-38(71)79-17-14-35(48)68/h5-7,10-11,25-26,29-34,65-66H,8-9,12-24H2,1-4H3,(H2,48,68)(H,55,67)(H,56,69)(H,57,73)(H,58,70)(H,59,74)(H,60,76)(H,61,77)(H,62,78)(H,63,72)(H,64,75)(H4,49,50,53)(H4,51,52,54)/t26-,29-,30-,31-,32-,33-,34-/m0/s1. The Hall–Kier alpha value is -8.13. The minimum absolute atomic E-state index is 0.0224. The molecule has 440 valence electrons. The molecule has 0 aliphatic carbocycles. The molecule has 31 nitrogen and oxygen atoms in total. The van der Waals surface area contributed by atoms with Crippen LogP contribution in [0.3, 0.4) is 0 Å². The number of nitrogens with two attached hydrogens (primary N) is 5. The fourth-order valence-electron chi connectivity index (χ4n) is 6.76. The van der Waals surface area contributed by atoms with E-state index in [0.717, 1.165) is 11.8 Å². The molecular formula is C47H77N17O14S. The van der Waals surface area contributed by atoms with Crippen molar-refractivity contribution in [2.75, 3.05) is 51.7 Å². The maximum atomic E-state index is 14.2. The van der Waals surface area contributed by atoms with Gasteiger partial charge in [-0.3, -0.25) is 67.5 Å². The molecule has 0 aliphatic rings. The first-order valence-corrected chi connectivity index (χ1v) is 26.0. The number of hydrogen-bond acceptors (Lipinski definition) is 17. The molecule has 79 heavy (non-hydrogen) atoms. The summed E-state index contributed by atoms with van der Waals surface area (Å²) < 4.78 is 0. The minimum Gasteiger partial charge on any atom is -0.394 e. The van der Waals surface area contributed by atoms with Gasteiger partial charge >= 0.3 is 0 Å². The van der Waals surface area contributed by atoms with Crippen LogP contribution >= 0.6 is 11.8 Å². The predicted molar refractivity (Wildman–Crippen MR) is 289 cm³/mol. The number of aliphatic imine (C=N–C) groups is 2. The van der Waals surface area contributed by atoms with E-state index in [0.29, 0.717) is 5.56 Å². The van der Waals surface area contributed by atoms with Crippen LogP contribution < -0.4 is 81.8 Å². The number of aliphatic hydroxyl groups is 2. The Bertz CT molecular complexity index is 2300. The van der Waals surface area contributed by atoms with Crippen molar-refractivity contribution in [2.45, 2.75) is 115 Å². The van der Waals surface area contributed by atoms with Gasteiger partial charge in [0.15, 0.2) is 11.9 Å². The molecular weight excluding hydrogens is 1060 g/mol. The smallest absolute Gasteiger partial charge is 0.245 e. The van der Waals surface area contributed by atoms with Gasteiger partial charge in [-0.05, 0) is 50.5 Å². The summed E-state index contributed by atoms with van der Waals surface area (Å²) in [5.74, 6) is -10.0. The zero-order chi connectivity index (χ0) is 59.6. The Morgan fingerprint density at radius 1 is 0.532 bits per heavy atom. The normalized spacial score (nSPS) is 13.4. The number of thioether (sulfide) groups is 1. The van der Waals surface area contributed by atoms with Gasteiger partial charge in [-0.1, -0.05) is 55.9 Å². The molecule has 0 heterocycles. The molecule has 7 atom stereocenters. The highest BCUT2D eigenvalue weighted by atomic mass is 32.2. The van der Waals surface area contributed by atoms with Crippen LogP contribution in [0.5, 0.6) is 0 Å². The summed E-state index contributed by atoms with van der Waals surface area (Å²) in [6.07, 6.45) is -0.453. The average molecular weight is 1140 g/mol. The van der Waals surface area contributed by atoms with Gasteiger partial charge in [-0.15, -0.1) is 0 Å². The SMILES string of the molecule is CC(=O)NCC(=O)N[C@@H](C)C(=O)N[C@@H](CO)C(=O)N[C@@H](CC(C)C)C(=O)N[C@@H](CCCN=C(N)N)C(=O)N[C@@H](CCCN=C(N)N)C(=O)N[C@@H](CO)C(=O)N[C@@H](Cc1ccccc1)C(=O)NCC(=O)NCC(=O)SCCC(N)=O. The number of carbonyl (C=O) groups is 12. The summed E-state index contributed by atoms with van der Waals surface area (Å²) in [6.45, 7) is 2.40. The second-order valence-electron chi connectivity index (χ2n) is 18.1. The molecule has 0 radical (unpaired) electrons. The van der Waals surface area contributed by atoms with E-state index in [9.17, 15) is 67.7 Å². The minimum atomic E-state index is -1.75. The average Bonchev–Trinajstić information content (AvgIpc) is 3.38. The van der Waals surface area contributed by atoms with Crippen molar-refractivity contribution >= 4 is 93.8 Å². The number of primary amides is 1. The number of benzene rings is 1. The fraction of sp³-hybridized carbons (Fsp3) is 0.574. The van der Waals surface area contributed by atoms with E-state index < -0.39 is 145 Å². The second-order valence-corrected chi connectivity index (χ2v) is 19.2. The van der Waals surface area contributed by atoms with Crippen molar-refractivity contribution < 1.29 is 67.7 Å². The molecule has 22 N–H and O–H groups in total. The molecule has 1 aromatic rings. The number of guanidine groups is 2. The third-order valence-corrected chi connectivity index (χ3v) is 11.7. The Morgan fingerprint density at radius 2 is 0.987 bits per heavy atom. The number of nitrogens with zero attached hydrogens (tertiary/aromatic N) is 2. The van der Waals surface area contributed by atoms with E-state index in [-0.39, 0.29) is 81.6 Å². The highest BCUT2D eigenvalue weighted by Gasteiger charge is 2.34. The van der Waals surface area contributed by atoms with Gasteiger partial charge in [0, 0.05) is 38.6 Å². The number of aliphatic hydroxyl groups excluding tert-OH is 2. The first-order valence-electron chi connectivity index (χ1n) is 25.0. The van der Waals surface area contributed by atoms with Crippen molar-refractivity contribution in [3.63, 3.8) is 0 Å². The number of rotatable bonds is 37.